The van der Waals surface area contributed by atoms with E-state index in [0.29, 0.717) is 22.9 Å². The van der Waals surface area contributed by atoms with Gasteiger partial charge in [-0.1, -0.05) is 18.2 Å². The molecular formula is C21H17N5O2. The Balaban J connectivity index is 1.83. The number of carbonyl (C=O) groups is 1. The van der Waals surface area contributed by atoms with Crippen LogP contribution in [0.5, 0.6) is 5.75 Å². The Morgan fingerprint density at radius 1 is 1.00 bits per heavy atom. The fourth-order valence-corrected chi connectivity index (χ4v) is 2.78. The number of amides is 1. The first-order valence-electron chi connectivity index (χ1n) is 8.59. The highest BCUT2D eigenvalue weighted by Crippen LogP contribution is 2.25. The van der Waals surface area contributed by atoms with Crippen molar-refractivity contribution < 1.29 is 9.53 Å². The molecule has 0 saturated carbocycles. The summed E-state index contributed by atoms with van der Waals surface area (Å²) >= 11 is 0. The van der Waals surface area contributed by atoms with Gasteiger partial charge in [0, 0.05) is 17.3 Å². The van der Waals surface area contributed by atoms with E-state index in [1.165, 1.54) is 0 Å². The van der Waals surface area contributed by atoms with Crippen LogP contribution in [0.2, 0.25) is 0 Å². The second-order valence-electron chi connectivity index (χ2n) is 6.03. The van der Waals surface area contributed by atoms with E-state index in [4.69, 9.17) is 10.5 Å². The van der Waals surface area contributed by atoms with Gasteiger partial charge in [0.15, 0.2) is 11.6 Å². The SMILES string of the molecule is COc1ccc(-n2nc(-c3ccc(C(N)=O)cc3)nc2-c2ccccn2)cc1. The summed E-state index contributed by atoms with van der Waals surface area (Å²) in [5, 5.41) is 4.67. The lowest BCUT2D eigenvalue weighted by Gasteiger charge is -2.06. The summed E-state index contributed by atoms with van der Waals surface area (Å²) < 4.78 is 6.96. The molecule has 0 aliphatic carbocycles. The topological polar surface area (TPSA) is 95.9 Å². The summed E-state index contributed by atoms with van der Waals surface area (Å²) in [6.07, 6.45) is 1.71. The zero-order chi connectivity index (χ0) is 19.5. The van der Waals surface area contributed by atoms with Crippen molar-refractivity contribution in [3.05, 3.63) is 78.5 Å². The normalized spacial score (nSPS) is 10.6. The number of nitrogens with two attached hydrogens (primary N) is 1. The molecule has 0 radical (unpaired) electrons. The number of primary amides is 1. The maximum absolute atomic E-state index is 11.3. The number of ether oxygens (including phenoxy) is 1. The minimum atomic E-state index is -0.475. The van der Waals surface area contributed by atoms with Crippen LogP contribution in [0.15, 0.2) is 72.9 Å². The summed E-state index contributed by atoms with van der Waals surface area (Å²) in [7, 11) is 1.62. The first-order chi connectivity index (χ1) is 13.7. The standard InChI is InChI=1S/C21H17N5O2/c1-28-17-11-9-16(10-12-17)26-21(18-4-2-3-13-23-18)24-20(25-26)15-7-5-14(6-8-15)19(22)27/h2-13H,1H3,(H2,22,27). The predicted molar refractivity (Wildman–Crippen MR) is 105 cm³/mol. The van der Waals surface area contributed by atoms with E-state index in [1.807, 2.05) is 42.5 Å². The fraction of sp³-hybridized carbons (Fsp3) is 0.0476. The van der Waals surface area contributed by atoms with Crippen molar-refractivity contribution in [1.82, 2.24) is 19.7 Å². The van der Waals surface area contributed by atoms with Gasteiger partial charge in [0.1, 0.15) is 11.4 Å². The molecule has 0 unspecified atom stereocenters. The van der Waals surface area contributed by atoms with Gasteiger partial charge in [-0.15, -0.1) is 5.10 Å². The lowest BCUT2D eigenvalue weighted by atomic mass is 10.1. The van der Waals surface area contributed by atoms with Crippen molar-refractivity contribution >= 4 is 5.91 Å². The lowest BCUT2D eigenvalue weighted by Crippen LogP contribution is -2.10. The van der Waals surface area contributed by atoms with Gasteiger partial charge in [-0.25, -0.2) is 9.67 Å². The third-order valence-electron chi connectivity index (χ3n) is 4.25. The smallest absolute Gasteiger partial charge is 0.248 e. The van der Waals surface area contributed by atoms with Gasteiger partial charge in [-0.3, -0.25) is 9.78 Å². The highest BCUT2D eigenvalue weighted by molar-refractivity contribution is 5.93. The number of methoxy groups -OCH3 is 1. The van der Waals surface area contributed by atoms with Crippen LogP contribution in [0, 0.1) is 0 Å². The number of carbonyl (C=O) groups excluding carboxylic acids is 1. The van der Waals surface area contributed by atoms with Crippen molar-refractivity contribution in [2.75, 3.05) is 7.11 Å². The van der Waals surface area contributed by atoms with E-state index >= 15 is 0 Å². The van der Waals surface area contributed by atoms with Crippen LogP contribution < -0.4 is 10.5 Å². The Morgan fingerprint density at radius 2 is 1.75 bits per heavy atom. The highest BCUT2D eigenvalue weighted by Gasteiger charge is 2.16. The summed E-state index contributed by atoms with van der Waals surface area (Å²) in [5.41, 5.74) is 8.05. The summed E-state index contributed by atoms with van der Waals surface area (Å²) in [4.78, 5) is 20.4. The molecule has 28 heavy (non-hydrogen) atoms. The van der Waals surface area contributed by atoms with E-state index in [-0.39, 0.29) is 0 Å². The largest absolute Gasteiger partial charge is 0.497 e. The first-order valence-corrected chi connectivity index (χ1v) is 8.59. The molecule has 138 valence electrons. The second kappa shape index (κ2) is 7.32. The molecule has 2 N–H and O–H groups in total. The number of rotatable bonds is 5. The third kappa shape index (κ3) is 3.33. The molecule has 7 heteroatoms. The van der Waals surface area contributed by atoms with Crippen LogP contribution in [0.25, 0.3) is 28.6 Å². The minimum Gasteiger partial charge on any atom is -0.497 e. The average molecular weight is 371 g/mol. The molecule has 4 aromatic rings. The van der Waals surface area contributed by atoms with Crippen LogP contribution in [-0.2, 0) is 0 Å². The Kier molecular flexibility index (Phi) is 4.55. The summed E-state index contributed by atoms with van der Waals surface area (Å²) in [6, 6.07) is 20.0. The molecule has 1 amide bonds. The summed E-state index contributed by atoms with van der Waals surface area (Å²) in [6.45, 7) is 0. The number of pyridine rings is 1. The van der Waals surface area contributed by atoms with E-state index in [0.717, 1.165) is 17.0 Å². The van der Waals surface area contributed by atoms with E-state index in [9.17, 15) is 4.79 Å². The molecule has 7 nitrogen and oxygen atoms in total. The molecule has 2 aromatic carbocycles. The average Bonchev–Trinajstić information content (AvgIpc) is 3.20. The Bertz CT molecular complexity index is 1100. The number of benzene rings is 2. The maximum Gasteiger partial charge on any atom is 0.248 e. The molecule has 0 atom stereocenters. The highest BCUT2D eigenvalue weighted by atomic mass is 16.5. The van der Waals surface area contributed by atoms with Gasteiger partial charge in [-0.05, 0) is 48.5 Å². The van der Waals surface area contributed by atoms with Crippen LogP contribution in [-0.4, -0.2) is 32.8 Å². The predicted octanol–water partition coefficient (Wildman–Crippen LogP) is 3.10. The molecule has 2 aromatic heterocycles. The van der Waals surface area contributed by atoms with Crippen molar-refractivity contribution in [3.63, 3.8) is 0 Å². The van der Waals surface area contributed by atoms with Crippen LogP contribution in [0.1, 0.15) is 10.4 Å². The second-order valence-corrected chi connectivity index (χ2v) is 6.03. The van der Waals surface area contributed by atoms with E-state index in [1.54, 1.807) is 42.3 Å². The minimum absolute atomic E-state index is 0.434. The molecule has 0 fully saturated rings. The molecular weight excluding hydrogens is 354 g/mol. The Labute approximate surface area is 161 Å². The number of hydrogen-bond donors (Lipinski definition) is 1. The fourth-order valence-electron chi connectivity index (χ4n) is 2.78. The summed E-state index contributed by atoms with van der Waals surface area (Å²) in [5.74, 6) is 1.41. The molecule has 0 bridgehead atoms. The van der Waals surface area contributed by atoms with Gasteiger partial charge in [0.2, 0.25) is 5.91 Å². The van der Waals surface area contributed by atoms with Crippen LogP contribution in [0.3, 0.4) is 0 Å². The zero-order valence-corrected chi connectivity index (χ0v) is 15.1. The Morgan fingerprint density at radius 3 is 2.36 bits per heavy atom. The molecule has 0 aliphatic heterocycles. The van der Waals surface area contributed by atoms with Crippen molar-refractivity contribution in [2.45, 2.75) is 0 Å². The number of nitrogens with zero attached hydrogens (tertiary/aromatic N) is 4. The first kappa shape index (κ1) is 17.4. The molecule has 4 rings (SSSR count). The molecule has 0 spiro atoms. The van der Waals surface area contributed by atoms with E-state index < -0.39 is 5.91 Å². The van der Waals surface area contributed by atoms with Crippen LogP contribution >= 0.6 is 0 Å². The molecule has 0 aliphatic rings. The van der Waals surface area contributed by atoms with Crippen molar-refractivity contribution in [3.8, 4) is 34.3 Å². The molecule has 0 saturated heterocycles. The van der Waals surface area contributed by atoms with Gasteiger partial charge >= 0.3 is 0 Å². The van der Waals surface area contributed by atoms with Gasteiger partial charge in [-0.2, -0.15) is 0 Å². The monoisotopic (exact) mass is 371 g/mol. The van der Waals surface area contributed by atoms with Crippen molar-refractivity contribution in [2.24, 2.45) is 5.73 Å². The van der Waals surface area contributed by atoms with Gasteiger partial charge in [0.25, 0.3) is 0 Å². The lowest BCUT2D eigenvalue weighted by molar-refractivity contribution is 0.100. The van der Waals surface area contributed by atoms with Crippen LogP contribution in [0.4, 0.5) is 0 Å². The number of aromatic nitrogens is 4. The Hall–Kier alpha value is -4.00. The van der Waals surface area contributed by atoms with E-state index in [2.05, 4.69) is 15.1 Å². The quantitative estimate of drug-likeness (QED) is 0.581. The zero-order valence-electron chi connectivity index (χ0n) is 15.1. The third-order valence-corrected chi connectivity index (χ3v) is 4.25. The molecule has 2 heterocycles. The van der Waals surface area contributed by atoms with Gasteiger partial charge < -0.3 is 10.5 Å². The van der Waals surface area contributed by atoms with Gasteiger partial charge in [0.05, 0.1) is 12.8 Å². The van der Waals surface area contributed by atoms with Crippen molar-refractivity contribution in [1.29, 1.82) is 0 Å². The number of hydrogen-bond acceptors (Lipinski definition) is 5. The maximum atomic E-state index is 11.3.